The Bertz CT molecular complexity index is 245. The van der Waals surface area contributed by atoms with Gasteiger partial charge in [-0.05, 0) is 12.1 Å². The van der Waals surface area contributed by atoms with Crippen LogP contribution in [0.25, 0.3) is 0 Å². The van der Waals surface area contributed by atoms with E-state index in [4.69, 9.17) is 0 Å². The number of aldehydes is 1. The van der Waals surface area contributed by atoms with E-state index in [1.807, 2.05) is 0 Å². The van der Waals surface area contributed by atoms with Gasteiger partial charge in [-0.25, -0.2) is 4.39 Å². The summed E-state index contributed by atoms with van der Waals surface area (Å²) >= 11 is 0. The van der Waals surface area contributed by atoms with Gasteiger partial charge in [0.1, 0.15) is 12.1 Å². The van der Waals surface area contributed by atoms with Crippen molar-refractivity contribution in [3.63, 3.8) is 0 Å². The minimum absolute atomic E-state index is 0.254. The van der Waals surface area contributed by atoms with Crippen molar-refractivity contribution in [1.29, 1.82) is 0 Å². The van der Waals surface area contributed by atoms with Crippen molar-refractivity contribution in [3.05, 3.63) is 29.8 Å². The molecule has 0 aliphatic rings. The average Bonchev–Trinajstić information content (AvgIpc) is 2.05. The molecule has 0 N–H and O–H groups in total. The van der Waals surface area contributed by atoms with Crippen molar-refractivity contribution >= 4 is 6.29 Å². The Balaban J connectivity index is 2.89. The van der Waals surface area contributed by atoms with Crippen molar-refractivity contribution in [3.8, 4) is 0 Å². The topological polar surface area (TPSA) is 30.0 Å². The van der Waals surface area contributed by atoms with Gasteiger partial charge in [0.25, 0.3) is 0 Å². The zero-order valence-corrected chi connectivity index (χ0v) is 6.12. The monoisotopic (exact) mass is 153 g/mol. The maximum atomic E-state index is 12.3. The summed E-state index contributed by atoms with van der Waals surface area (Å²) in [6.45, 7) is 1.72. The first kappa shape index (κ1) is 7.85. The smallest absolute Gasteiger partial charge is 0.141 e. The second-order valence-corrected chi connectivity index (χ2v) is 2.33. The predicted molar refractivity (Wildman–Crippen MR) is 38.7 cm³/mol. The molecule has 0 saturated carbocycles. The second-order valence-electron chi connectivity index (χ2n) is 2.33. The molecule has 0 aromatic carbocycles. The first-order chi connectivity index (χ1) is 5.24. The number of nitrogens with zero attached hydrogens (tertiary/aromatic N) is 1. The summed E-state index contributed by atoms with van der Waals surface area (Å²) in [5.74, 6) is -0.637. The number of carbonyl (C=O) groups excluding carboxylic acids is 1. The second kappa shape index (κ2) is 3.23. The number of aromatic nitrogens is 1. The highest BCUT2D eigenvalue weighted by Gasteiger charge is 2.03. The Kier molecular flexibility index (Phi) is 2.31. The van der Waals surface area contributed by atoms with Crippen LogP contribution in [0, 0.1) is 5.82 Å². The van der Waals surface area contributed by atoms with Crippen LogP contribution in [0.15, 0.2) is 18.3 Å². The zero-order valence-electron chi connectivity index (χ0n) is 6.12. The number of halogens is 1. The van der Waals surface area contributed by atoms with Gasteiger partial charge in [0.15, 0.2) is 0 Å². The molecule has 2 nitrogen and oxygen atoms in total. The lowest BCUT2D eigenvalue weighted by Crippen LogP contribution is -1.97. The largest absolute Gasteiger partial charge is 0.303 e. The quantitative estimate of drug-likeness (QED) is 0.603. The van der Waals surface area contributed by atoms with E-state index in [0.717, 1.165) is 12.5 Å². The fourth-order valence-corrected chi connectivity index (χ4v) is 0.726. The molecule has 3 heteroatoms. The third-order valence-electron chi connectivity index (χ3n) is 1.42. The molecule has 0 aliphatic carbocycles. The molecule has 58 valence electrons. The fourth-order valence-electron chi connectivity index (χ4n) is 0.726. The van der Waals surface area contributed by atoms with Crippen LogP contribution in [-0.2, 0) is 4.79 Å². The fraction of sp³-hybridized carbons (Fsp3) is 0.250. The average molecular weight is 153 g/mol. The van der Waals surface area contributed by atoms with E-state index in [-0.39, 0.29) is 11.7 Å². The molecule has 1 aromatic heterocycles. The molecule has 0 fully saturated rings. The number of rotatable bonds is 2. The molecule has 11 heavy (non-hydrogen) atoms. The van der Waals surface area contributed by atoms with Crippen molar-refractivity contribution in [2.75, 3.05) is 0 Å². The van der Waals surface area contributed by atoms with Crippen LogP contribution in [0.1, 0.15) is 18.5 Å². The van der Waals surface area contributed by atoms with E-state index in [0.29, 0.717) is 5.69 Å². The summed E-state index contributed by atoms with van der Waals surface area (Å²) in [7, 11) is 0. The number of hydrogen-bond donors (Lipinski definition) is 0. The van der Waals surface area contributed by atoms with Crippen LogP contribution in [0.4, 0.5) is 4.39 Å². The maximum absolute atomic E-state index is 12.3. The number of hydrogen-bond acceptors (Lipinski definition) is 2. The minimum Gasteiger partial charge on any atom is -0.303 e. The molecule has 1 unspecified atom stereocenters. The summed E-state index contributed by atoms with van der Waals surface area (Å²) in [4.78, 5) is 14.0. The zero-order chi connectivity index (χ0) is 8.27. The lowest BCUT2D eigenvalue weighted by atomic mass is 10.1. The lowest BCUT2D eigenvalue weighted by molar-refractivity contribution is -0.108. The van der Waals surface area contributed by atoms with Crippen LogP contribution < -0.4 is 0 Å². The molecular formula is C8H8FNO. The van der Waals surface area contributed by atoms with E-state index >= 15 is 0 Å². The SMILES string of the molecule is CC(C=O)c1ccc(F)cn1. The molecule has 0 aliphatic heterocycles. The molecule has 0 radical (unpaired) electrons. The Morgan fingerprint density at radius 3 is 2.82 bits per heavy atom. The van der Waals surface area contributed by atoms with E-state index in [1.54, 1.807) is 6.92 Å². The first-order valence-electron chi connectivity index (χ1n) is 3.31. The van der Waals surface area contributed by atoms with Crippen molar-refractivity contribution in [1.82, 2.24) is 4.98 Å². The molecule has 1 heterocycles. The molecule has 0 amide bonds. The van der Waals surface area contributed by atoms with E-state index < -0.39 is 0 Å². The predicted octanol–water partition coefficient (Wildman–Crippen LogP) is 1.52. The molecule has 0 saturated heterocycles. The Hall–Kier alpha value is -1.25. The van der Waals surface area contributed by atoms with E-state index in [2.05, 4.69) is 4.98 Å². The van der Waals surface area contributed by atoms with Gasteiger partial charge < -0.3 is 4.79 Å². The molecule has 1 aromatic rings. The maximum Gasteiger partial charge on any atom is 0.141 e. The van der Waals surface area contributed by atoms with Crippen LogP contribution in [0.3, 0.4) is 0 Å². The number of carbonyl (C=O) groups is 1. The highest BCUT2D eigenvalue weighted by atomic mass is 19.1. The summed E-state index contributed by atoms with van der Waals surface area (Å²) in [5, 5.41) is 0. The Morgan fingerprint density at radius 1 is 1.64 bits per heavy atom. The van der Waals surface area contributed by atoms with Crippen molar-refractivity contribution < 1.29 is 9.18 Å². The van der Waals surface area contributed by atoms with E-state index in [9.17, 15) is 9.18 Å². The van der Waals surface area contributed by atoms with Gasteiger partial charge in [-0.15, -0.1) is 0 Å². The van der Waals surface area contributed by atoms with Gasteiger partial charge >= 0.3 is 0 Å². The molecule has 0 bridgehead atoms. The minimum atomic E-state index is -0.383. The number of pyridine rings is 1. The third-order valence-corrected chi connectivity index (χ3v) is 1.42. The van der Waals surface area contributed by atoms with Crippen molar-refractivity contribution in [2.45, 2.75) is 12.8 Å². The Morgan fingerprint density at radius 2 is 2.36 bits per heavy atom. The van der Waals surface area contributed by atoms with Gasteiger partial charge in [0.05, 0.1) is 17.8 Å². The van der Waals surface area contributed by atoms with Crippen LogP contribution in [0.2, 0.25) is 0 Å². The van der Waals surface area contributed by atoms with Crippen LogP contribution in [0.5, 0.6) is 0 Å². The third kappa shape index (κ3) is 1.83. The lowest BCUT2D eigenvalue weighted by Gasteiger charge is -2.00. The van der Waals surface area contributed by atoms with Crippen molar-refractivity contribution in [2.24, 2.45) is 0 Å². The van der Waals surface area contributed by atoms with Gasteiger partial charge in [0, 0.05) is 0 Å². The van der Waals surface area contributed by atoms with Gasteiger partial charge in [-0.3, -0.25) is 4.98 Å². The van der Waals surface area contributed by atoms with Gasteiger partial charge in [-0.1, -0.05) is 6.92 Å². The van der Waals surface area contributed by atoms with E-state index in [1.165, 1.54) is 12.1 Å². The molecule has 0 spiro atoms. The standard InChI is InChI=1S/C8H8FNO/c1-6(5-11)8-3-2-7(9)4-10-8/h2-6H,1H3. The summed E-state index contributed by atoms with van der Waals surface area (Å²) in [6, 6.07) is 2.80. The summed E-state index contributed by atoms with van der Waals surface area (Å²) < 4.78 is 12.3. The Labute approximate surface area is 64.1 Å². The highest BCUT2D eigenvalue weighted by molar-refractivity contribution is 5.59. The normalized spacial score (nSPS) is 12.5. The summed E-state index contributed by atoms with van der Waals surface area (Å²) in [6.07, 6.45) is 1.88. The molecule has 1 rings (SSSR count). The molecule has 1 atom stereocenters. The molecular weight excluding hydrogens is 145 g/mol. The van der Waals surface area contributed by atoms with Crippen LogP contribution in [-0.4, -0.2) is 11.3 Å². The van der Waals surface area contributed by atoms with Gasteiger partial charge in [-0.2, -0.15) is 0 Å². The van der Waals surface area contributed by atoms with Gasteiger partial charge in [0.2, 0.25) is 0 Å². The highest BCUT2D eigenvalue weighted by Crippen LogP contribution is 2.08. The first-order valence-corrected chi connectivity index (χ1v) is 3.31. The van der Waals surface area contributed by atoms with Crippen LogP contribution >= 0.6 is 0 Å². The summed E-state index contributed by atoms with van der Waals surface area (Å²) in [5.41, 5.74) is 0.599.